The molecule has 0 radical (unpaired) electrons. The highest BCUT2D eigenvalue weighted by atomic mass is 16.4. The molecule has 2 fully saturated rings. The molecule has 7 heteroatoms. The van der Waals surface area contributed by atoms with Gasteiger partial charge >= 0.3 is 0 Å². The molecular weight excluding hydrogens is 440 g/mol. The van der Waals surface area contributed by atoms with Gasteiger partial charge in [-0.2, -0.15) is 0 Å². The highest BCUT2D eigenvalue weighted by molar-refractivity contribution is 5.94. The minimum atomic E-state index is 0.000347. The Labute approximate surface area is 206 Å². The predicted octanol–water partition coefficient (Wildman–Crippen LogP) is 4.82. The Hall–Kier alpha value is -3.48. The van der Waals surface area contributed by atoms with Crippen molar-refractivity contribution in [3.8, 4) is 22.9 Å². The summed E-state index contributed by atoms with van der Waals surface area (Å²) in [6.07, 6.45) is 3.66. The topological polar surface area (TPSA) is 79.5 Å². The van der Waals surface area contributed by atoms with Gasteiger partial charge in [0.05, 0.1) is 0 Å². The lowest BCUT2D eigenvalue weighted by atomic mass is 9.92. The average Bonchev–Trinajstić information content (AvgIpc) is 3.39. The number of aryl methyl sites for hydroxylation is 1. The molecule has 0 unspecified atom stereocenters. The number of piperidine rings is 2. The maximum absolute atomic E-state index is 13.1. The zero-order valence-corrected chi connectivity index (χ0v) is 20.4. The minimum absolute atomic E-state index is 0.000347. The Balaban J connectivity index is 1.19. The quantitative estimate of drug-likeness (QED) is 0.544. The number of nitrogens with zero attached hydrogens (tertiary/aromatic N) is 4. The molecule has 0 bridgehead atoms. The van der Waals surface area contributed by atoms with Gasteiger partial charge in [0, 0.05) is 48.8 Å². The Kier molecular flexibility index (Phi) is 6.66. The number of rotatable bonds is 4. The van der Waals surface area contributed by atoms with Crippen LogP contribution in [0.25, 0.3) is 22.9 Å². The van der Waals surface area contributed by atoms with Crippen molar-refractivity contribution in [2.75, 3.05) is 26.2 Å². The van der Waals surface area contributed by atoms with Gasteiger partial charge in [0.25, 0.3) is 5.91 Å². The number of aromatic nitrogens is 2. The third-order valence-corrected chi connectivity index (χ3v) is 7.41. The van der Waals surface area contributed by atoms with Gasteiger partial charge in [-0.15, -0.1) is 10.2 Å². The fourth-order valence-electron chi connectivity index (χ4n) is 5.02. The fourth-order valence-corrected chi connectivity index (χ4v) is 5.02. The Morgan fingerprint density at radius 3 is 2.14 bits per heavy atom. The van der Waals surface area contributed by atoms with E-state index in [4.69, 9.17) is 4.42 Å². The van der Waals surface area contributed by atoms with Gasteiger partial charge in [-0.25, -0.2) is 0 Å². The van der Waals surface area contributed by atoms with E-state index in [0.29, 0.717) is 36.4 Å². The first-order valence-corrected chi connectivity index (χ1v) is 12.6. The molecule has 0 atom stereocenters. The predicted molar refractivity (Wildman–Crippen MR) is 134 cm³/mol. The maximum Gasteiger partial charge on any atom is 0.253 e. The van der Waals surface area contributed by atoms with Crippen molar-refractivity contribution in [2.45, 2.75) is 39.5 Å². The Morgan fingerprint density at radius 2 is 1.46 bits per heavy atom. The van der Waals surface area contributed by atoms with Crippen LogP contribution in [0.4, 0.5) is 0 Å². The molecule has 0 N–H and O–H groups in total. The Bertz CT molecular complexity index is 1190. The van der Waals surface area contributed by atoms with E-state index in [1.165, 1.54) is 0 Å². The van der Waals surface area contributed by atoms with Gasteiger partial charge < -0.3 is 14.2 Å². The van der Waals surface area contributed by atoms with Crippen molar-refractivity contribution in [1.82, 2.24) is 20.0 Å². The first-order chi connectivity index (χ1) is 17.0. The van der Waals surface area contributed by atoms with E-state index in [9.17, 15) is 9.59 Å². The highest BCUT2D eigenvalue weighted by Crippen LogP contribution is 2.27. The summed E-state index contributed by atoms with van der Waals surface area (Å²) in [6, 6.07) is 15.2. The van der Waals surface area contributed by atoms with Crippen molar-refractivity contribution < 1.29 is 14.0 Å². The fraction of sp³-hybridized carbons (Fsp3) is 0.429. The molecule has 3 heterocycles. The zero-order chi connectivity index (χ0) is 24.4. The van der Waals surface area contributed by atoms with Crippen LogP contribution in [0.15, 0.2) is 52.9 Å². The zero-order valence-electron chi connectivity index (χ0n) is 20.4. The first kappa shape index (κ1) is 23.3. The lowest BCUT2D eigenvalue weighted by Crippen LogP contribution is -2.46. The summed E-state index contributed by atoms with van der Waals surface area (Å²) in [5.41, 5.74) is 3.38. The summed E-state index contributed by atoms with van der Waals surface area (Å²) in [6.45, 7) is 7.24. The van der Waals surface area contributed by atoms with E-state index in [1.807, 2.05) is 53.1 Å². The van der Waals surface area contributed by atoms with Crippen LogP contribution in [0.2, 0.25) is 0 Å². The molecule has 0 aliphatic carbocycles. The molecule has 1 aromatic heterocycles. The molecular formula is C28H32N4O3. The van der Waals surface area contributed by atoms with Gasteiger partial charge in [0.15, 0.2) is 0 Å². The van der Waals surface area contributed by atoms with Crippen LogP contribution in [-0.4, -0.2) is 58.0 Å². The summed E-state index contributed by atoms with van der Waals surface area (Å²) < 4.78 is 5.89. The van der Waals surface area contributed by atoms with Crippen LogP contribution in [0.5, 0.6) is 0 Å². The van der Waals surface area contributed by atoms with Gasteiger partial charge in [0.1, 0.15) is 0 Å². The molecule has 2 saturated heterocycles. The van der Waals surface area contributed by atoms with Crippen LogP contribution in [-0.2, 0) is 4.79 Å². The molecule has 35 heavy (non-hydrogen) atoms. The Morgan fingerprint density at radius 1 is 0.829 bits per heavy atom. The van der Waals surface area contributed by atoms with E-state index in [0.717, 1.165) is 55.5 Å². The lowest BCUT2D eigenvalue weighted by Gasteiger charge is -2.36. The van der Waals surface area contributed by atoms with Crippen LogP contribution in [0.3, 0.4) is 0 Å². The smallest absolute Gasteiger partial charge is 0.253 e. The molecule has 3 aromatic rings. The summed E-state index contributed by atoms with van der Waals surface area (Å²) >= 11 is 0. The minimum Gasteiger partial charge on any atom is -0.416 e. The van der Waals surface area contributed by atoms with Crippen LogP contribution >= 0.6 is 0 Å². The normalized spacial score (nSPS) is 17.5. The van der Waals surface area contributed by atoms with Gasteiger partial charge in [-0.3, -0.25) is 9.59 Å². The molecule has 2 amide bonds. The molecule has 2 aliphatic heterocycles. The number of benzene rings is 2. The highest BCUT2D eigenvalue weighted by Gasteiger charge is 2.31. The second-order valence-corrected chi connectivity index (χ2v) is 9.88. The monoisotopic (exact) mass is 472 g/mol. The third kappa shape index (κ3) is 4.99. The van der Waals surface area contributed by atoms with Gasteiger partial charge in [-0.1, -0.05) is 25.1 Å². The van der Waals surface area contributed by atoms with Crippen molar-refractivity contribution in [3.63, 3.8) is 0 Å². The number of hydrogen-bond acceptors (Lipinski definition) is 5. The molecule has 7 nitrogen and oxygen atoms in total. The van der Waals surface area contributed by atoms with Crippen molar-refractivity contribution >= 4 is 11.8 Å². The summed E-state index contributed by atoms with van der Waals surface area (Å²) in [5.74, 6) is 1.93. The summed E-state index contributed by atoms with van der Waals surface area (Å²) in [7, 11) is 0. The standard InChI is InChI=1S/C28H32N4O3/c1-19-11-15-31(16-12-19)28(34)23-13-17-32(18-14-23)27(33)22-9-7-21(8-10-22)25-29-30-26(35-25)24-6-4-3-5-20(24)2/h3-10,19,23H,11-18H2,1-2H3. The first-order valence-electron chi connectivity index (χ1n) is 12.6. The van der Waals surface area contributed by atoms with Gasteiger partial charge in [-0.05, 0) is 74.4 Å². The maximum atomic E-state index is 13.1. The second-order valence-electron chi connectivity index (χ2n) is 9.88. The SMILES string of the molecule is Cc1ccccc1-c1nnc(-c2ccc(C(=O)N3CCC(C(=O)N4CCC(C)CC4)CC3)cc2)o1. The van der Waals surface area contributed by atoms with E-state index in [2.05, 4.69) is 17.1 Å². The molecule has 5 rings (SSSR count). The van der Waals surface area contributed by atoms with E-state index in [1.54, 1.807) is 12.1 Å². The number of carbonyl (C=O) groups excluding carboxylic acids is 2. The van der Waals surface area contributed by atoms with Crippen LogP contribution < -0.4 is 0 Å². The van der Waals surface area contributed by atoms with Crippen molar-refractivity contribution in [3.05, 3.63) is 59.7 Å². The van der Waals surface area contributed by atoms with E-state index in [-0.39, 0.29) is 17.7 Å². The lowest BCUT2D eigenvalue weighted by molar-refractivity contribution is -0.138. The van der Waals surface area contributed by atoms with Crippen LogP contribution in [0.1, 0.15) is 48.5 Å². The van der Waals surface area contributed by atoms with E-state index >= 15 is 0 Å². The molecule has 2 aromatic carbocycles. The number of hydrogen-bond donors (Lipinski definition) is 0. The summed E-state index contributed by atoms with van der Waals surface area (Å²) in [5, 5.41) is 8.38. The molecule has 182 valence electrons. The number of likely N-dealkylation sites (tertiary alicyclic amines) is 2. The van der Waals surface area contributed by atoms with Crippen molar-refractivity contribution in [1.29, 1.82) is 0 Å². The average molecular weight is 473 g/mol. The summed E-state index contributed by atoms with van der Waals surface area (Å²) in [4.78, 5) is 29.9. The number of carbonyl (C=O) groups is 2. The third-order valence-electron chi connectivity index (χ3n) is 7.41. The largest absolute Gasteiger partial charge is 0.416 e. The molecule has 0 saturated carbocycles. The van der Waals surface area contributed by atoms with Crippen LogP contribution in [0, 0.1) is 18.8 Å². The molecule has 2 aliphatic rings. The second kappa shape index (κ2) is 10.0. The molecule has 0 spiro atoms. The number of amides is 2. The van der Waals surface area contributed by atoms with Crippen molar-refractivity contribution in [2.24, 2.45) is 11.8 Å². The van der Waals surface area contributed by atoms with Gasteiger partial charge in [0.2, 0.25) is 17.7 Å². The van der Waals surface area contributed by atoms with E-state index < -0.39 is 0 Å².